The number of unbranched alkanes of at least 4 members (excludes halogenated alkanes) is 3. The molecule has 0 aliphatic rings. The molecule has 0 heterocycles. The van der Waals surface area contributed by atoms with E-state index in [1.807, 2.05) is 24.3 Å². The maximum absolute atomic E-state index is 9.46. The van der Waals surface area contributed by atoms with E-state index < -0.39 is 0 Å². The Labute approximate surface area is 120 Å². The molecule has 0 spiro atoms. The van der Waals surface area contributed by atoms with E-state index in [1.165, 1.54) is 0 Å². The minimum absolute atomic E-state index is 0.0198. The third-order valence-corrected chi connectivity index (χ3v) is 3.27. The van der Waals surface area contributed by atoms with Crippen molar-refractivity contribution in [3.05, 3.63) is 47.5 Å². The number of aliphatic hydroxyl groups excluding tert-OH is 1. The summed E-state index contributed by atoms with van der Waals surface area (Å²) in [5, 5.41) is 11.7. The maximum atomic E-state index is 9.46. The van der Waals surface area contributed by atoms with Crippen molar-refractivity contribution in [1.29, 1.82) is 0 Å². The second kappa shape index (κ2) is 7.39. The van der Waals surface area contributed by atoms with Gasteiger partial charge in [0.2, 0.25) is 0 Å². The number of benzene rings is 2. The van der Waals surface area contributed by atoms with Gasteiger partial charge < -0.3 is 5.11 Å². The summed E-state index contributed by atoms with van der Waals surface area (Å²) in [4.78, 5) is 0. The van der Waals surface area contributed by atoms with Crippen LogP contribution >= 0.6 is 0 Å². The topological polar surface area (TPSA) is 20.2 Å². The third-order valence-electron chi connectivity index (χ3n) is 3.27. The van der Waals surface area contributed by atoms with Crippen LogP contribution in [0, 0.1) is 24.2 Å². The zero-order valence-corrected chi connectivity index (χ0v) is 11.5. The van der Waals surface area contributed by atoms with Crippen molar-refractivity contribution < 1.29 is 5.11 Å². The average molecular weight is 262 g/mol. The second-order valence-electron chi connectivity index (χ2n) is 4.69. The monoisotopic (exact) mass is 262 g/mol. The third kappa shape index (κ3) is 3.41. The maximum Gasteiger partial charge on any atom is 0.0694 e. The van der Waals surface area contributed by atoms with Crippen molar-refractivity contribution in [2.75, 3.05) is 0 Å². The highest BCUT2D eigenvalue weighted by atomic mass is 16.3. The molecule has 0 aromatic heterocycles. The molecule has 0 saturated heterocycles. The minimum Gasteiger partial charge on any atom is -0.392 e. The molecule has 0 saturated carbocycles. The van der Waals surface area contributed by atoms with Gasteiger partial charge in [0.25, 0.3) is 0 Å². The van der Waals surface area contributed by atoms with E-state index in [9.17, 15) is 5.11 Å². The Morgan fingerprint density at radius 3 is 2.60 bits per heavy atom. The van der Waals surface area contributed by atoms with Crippen LogP contribution in [0.25, 0.3) is 10.8 Å². The predicted octanol–water partition coefficient (Wildman–Crippen LogP) is 3.88. The Balaban J connectivity index is 2.24. The van der Waals surface area contributed by atoms with E-state index in [0.717, 1.165) is 47.6 Å². The number of hydrogen-bond donors (Lipinski definition) is 1. The highest BCUT2D eigenvalue weighted by Gasteiger charge is 2.03. The van der Waals surface area contributed by atoms with E-state index in [4.69, 9.17) is 6.42 Å². The van der Waals surface area contributed by atoms with Crippen LogP contribution in [0.3, 0.4) is 0 Å². The van der Waals surface area contributed by atoms with Crippen molar-refractivity contribution in [2.24, 2.45) is 0 Å². The number of hydrogen-bond acceptors (Lipinski definition) is 1. The molecule has 2 rings (SSSR count). The van der Waals surface area contributed by atoms with Gasteiger partial charge in [-0.2, -0.15) is 0 Å². The van der Waals surface area contributed by atoms with E-state index >= 15 is 0 Å². The fourth-order valence-electron chi connectivity index (χ4n) is 2.19. The molecule has 1 nitrogen and oxygen atoms in total. The molecule has 1 heteroatoms. The molecule has 0 unspecified atom stereocenters. The van der Waals surface area contributed by atoms with Crippen LogP contribution in [0.15, 0.2) is 36.4 Å². The van der Waals surface area contributed by atoms with Gasteiger partial charge in [-0.05, 0) is 29.2 Å². The van der Waals surface area contributed by atoms with Crippen molar-refractivity contribution in [2.45, 2.75) is 32.3 Å². The Kier molecular flexibility index (Phi) is 5.24. The summed E-state index contributed by atoms with van der Waals surface area (Å²) in [5.74, 6) is 9.06. The zero-order valence-electron chi connectivity index (χ0n) is 11.5. The fraction of sp³-hybridized carbons (Fsp3) is 0.263. The number of fused-ring (bicyclic) bond motifs is 1. The first-order valence-corrected chi connectivity index (χ1v) is 6.90. The summed E-state index contributed by atoms with van der Waals surface area (Å²) in [6.45, 7) is 0.0198. The Morgan fingerprint density at radius 1 is 1.00 bits per heavy atom. The minimum atomic E-state index is 0.0198. The van der Waals surface area contributed by atoms with Crippen LogP contribution in [0.4, 0.5) is 0 Å². The Bertz CT molecular complexity index is 680. The van der Waals surface area contributed by atoms with E-state index in [-0.39, 0.29) is 6.61 Å². The van der Waals surface area contributed by atoms with Gasteiger partial charge in [-0.15, -0.1) is 12.3 Å². The van der Waals surface area contributed by atoms with Crippen molar-refractivity contribution in [1.82, 2.24) is 0 Å². The molecular formula is C19H18O. The van der Waals surface area contributed by atoms with Crippen LogP contribution in [-0.2, 0) is 6.61 Å². The first kappa shape index (κ1) is 14.2. The van der Waals surface area contributed by atoms with Crippen molar-refractivity contribution in [3.63, 3.8) is 0 Å². The Morgan fingerprint density at radius 2 is 1.80 bits per heavy atom. The quantitative estimate of drug-likeness (QED) is 0.655. The summed E-state index contributed by atoms with van der Waals surface area (Å²) in [7, 11) is 0. The lowest BCUT2D eigenvalue weighted by Crippen LogP contribution is -1.91. The molecular weight excluding hydrogens is 244 g/mol. The standard InChI is InChI=1S/C19H18O/c1-2-3-4-5-6-7-11-19-17(15-20)14-13-16-10-8-9-12-18(16)19/h1,8-10,12-14,20H,3-6,15H2. The number of aliphatic hydroxyl groups is 1. The summed E-state index contributed by atoms with van der Waals surface area (Å²) < 4.78 is 0. The van der Waals surface area contributed by atoms with E-state index in [1.54, 1.807) is 0 Å². The number of rotatable bonds is 4. The summed E-state index contributed by atoms with van der Waals surface area (Å²) in [6, 6.07) is 12.1. The van der Waals surface area contributed by atoms with Gasteiger partial charge in [-0.1, -0.05) is 48.2 Å². The van der Waals surface area contributed by atoms with Crippen molar-refractivity contribution >= 4 is 10.8 Å². The lowest BCUT2D eigenvalue weighted by molar-refractivity contribution is 0.281. The van der Waals surface area contributed by atoms with Crippen LogP contribution < -0.4 is 0 Å². The van der Waals surface area contributed by atoms with Crippen LogP contribution in [0.2, 0.25) is 0 Å². The average Bonchev–Trinajstić information content (AvgIpc) is 2.50. The summed E-state index contributed by atoms with van der Waals surface area (Å²) >= 11 is 0. The summed E-state index contributed by atoms with van der Waals surface area (Å²) in [5.41, 5.74) is 1.84. The van der Waals surface area contributed by atoms with E-state index in [0.29, 0.717) is 0 Å². The largest absolute Gasteiger partial charge is 0.392 e. The molecule has 2 aromatic carbocycles. The molecule has 0 aliphatic heterocycles. The lowest BCUT2D eigenvalue weighted by atomic mass is 9.99. The Hall–Kier alpha value is -2.22. The van der Waals surface area contributed by atoms with Gasteiger partial charge in [-0.3, -0.25) is 0 Å². The molecule has 0 bridgehead atoms. The first-order chi connectivity index (χ1) is 9.86. The highest BCUT2D eigenvalue weighted by Crippen LogP contribution is 2.22. The highest BCUT2D eigenvalue weighted by molar-refractivity contribution is 5.89. The normalized spacial score (nSPS) is 9.80. The van der Waals surface area contributed by atoms with Crippen molar-refractivity contribution in [3.8, 4) is 24.2 Å². The van der Waals surface area contributed by atoms with Gasteiger partial charge in [-0.25, -0.2) is 0 Å². The molecule has 0 radical (unpaired) electrons. The van der Waals surface area contributed by atoms with Crippen LogP contribution in [0.5, 0.6) is 0 Å². The number of terminal acetylenes is 1. The zero-order chi connectivity index (χ0) is 14.2. The molecule has 2 aromatic rings. The van der Waals surface area contributed by atoms with Gasteiger partial charge in [0.1, 0.15) is 0 Å². The van der Waals surface area contributed by atoms with Crippen LogP contribution in [0.1, 0.15) is 36.8 Å². The van der Waals surface area contributed by atoms with Gasteiger partial charge >= 0.3 is 0 Å². The fourth-order valence-corrected chi connectivity index (χ4v) is 2.19. The second-order valence-corrected chi connectivity index (χ2v) is 4.69. The molecule has 20 heavy (non-hydrogen) atoms. The molecule has 1 N–H and O–H groups in total. The summed E-state index contributed by atoms with van der Waals surface area (Å²) in [6.07, 6.45) is 8.93. The molecule has 100 valence electrons. The molecule has 0 atom stereocenters. The molecule has 0 aliphatic carbocycles. The lowest BCUT2D eigenvalue weighted by Gasteiger charge is -2.05. The van der Waals surface area contributed by atoms with Crippen LogP contribution in [-0.4, -0.2) is 5.11 Å². The first-order valence-electron chi connectivity index (χ1n) is 6.90. The SMILES string of the molecule is C#CCCCCC#Cc1c(CO)ccc2ccccc12. The smallest absolute Gasteiger partial charge is 0.0694 e. The van der Waals surface area contributed by atoms with Gasteiger partial charge in [0.05, 0.1) is 6.61 Å². The predicted molar refractivity (Wildman–Crippen MR) is 84.0 cm³/mol. The van der Waals surface area contributed by atoms with Gasteiger partial charge in [0, 0.05) is 18.4 Å². The molecule has 0 fully saturated rings. The molecule has 0 amide bonds. The van der Waals surface area contributed by atoms with E-state index in [2.05, 4.69) is 29.9 Å². The van der Waals surface area contributed by atoms with Gasteiger partial charge in [0.15, 0.2) is 0 Å².